The number of carboxylic acids is 1. The van der Waals surface area contributed by atoms with Gasteiger partial charge in [-0.1, -0.05) is 0 Å². The van der Waals surface area contributed by atoms with Gasteiger partial charge in [0.05, 0.1) is 5.92 Å². The van der Waals surface area contributed by atoms with E-state index < -0.39 is 17.9 Å². The molecule has 0 spiro atoms. The Bertz CT molecular complexity index is 171. The van der Waals surface area contributed by atoms with Crippen LogP contribution in [0.25, 0.3) is 0 Å². The maximum absolute atomic E-state index is 10.7. The fourth-order valence-corrected chi connectivity index (χ4v) is 1.15. The number of carbonyl (C=O) groups excluding carboxylic acids is 1. The Morgan fingerprint density at radius 2 is 2.09 bits per heavy atom. The lowest BCUT2D eigenvalue weighted by molar-refractivity contribution is -0.141. The quantitative estimate of drug-likeness (QED) is 0.507. The van der Waals surface area contributed by atoms with Crippen LogP contribution in [0.1, 0.15) is 6.92 Å². The van der Waals surface area contributed by atoms with Crippen molar-refractivity contribution in [3.05, 3.63) is 0 Å². The number of carbonyl (C=O) groups is 2. The summed E-state index contributed by atoms with van der Waals surface area (Å²) in [6, 6.07) is -1.13. The molecule has 11 heavy (non-hydrogen) atoms. The standard InChI is InChI=1S/C6H11NO3S/c1-3(8)4(2-11)5(7)6(9)10/h4-5,11H,2,7H2,1H3,(H,9,10). The highest BCUT2D eigenvalue weighted by Crippen LogP contribution is 2.05. The van der Waals surface area contributed by atoms with Crippen LogP contribution in [-0.4, -0.2) is 28.7 Å². The Morgan fingerprint density at radius 1 is 1.64 bits per heavy atom. The summed E-state index contributed by atoms with van der Waals surface area (Å²) < 4.78 is 0. The molecule has 0 aliphatic carbocycles. The van der Waals surface area contributed by atoms with Crippen molar-refractivity contribution in [3.63, 3.8) is 0 Å². The van der Waals surface area contributed by atoms with Crippen LogP contribution in [0.5, 0.6) is 0 Å². The fraction of sp³-hybridized carbons (Fsp3) is 0.667. The molecular formula is C6H11NO3S. The minimum absolute atomic E-state index is 0.169. The Morgan fingerprint density at radius 3 is 2.18 bits per heavy atom. The predicted octanol–water partition coefficient (Wildman–Crippen LogP) is -0.467. The highest BCUT2D eigenvalue weighted by Gasteiger charge is 2.26. The van der Waals surface area contributed by atoms with Crippen LogP contribution in [0.2, 0.25) is 0 Å². The van der Waals surface area contributed by atoms with E-state index in [2.05, 4.69) is 12.6 Å². The fourth-order valence-electron chi connectivity index (χ4n) is 0.667. The lowest BCUT2D eigenvalue weighted by Crippen LogP contribution is -2.42. The van der Waals surface area contributed by atoms with Crippen LogP contribution >= 0.6 is 12.6 Å². The minimum atomic E-state index is -1.17. The average Bonchev–Trinajstić information content (AvgIpc) is 1.88. The second kappa shape index (κ2) is 4.35. The van der Waals surface area contributed by atoms with Crippen molar-refractivity contribution in [2.24, 2.45) is 11.7 Å². The molecule has 0 aromatic rings. The second-order valence-corrected chi connectivity index (χ2v) is 2.63. The van der Waals surface area contributed by atoms with Crippen LogP contribution in [0.4, 0.5) is 0 Å². The van der Waals surface area contributed by atoms with Crippen molar-refractivity contribution in [3.8, 4) is 0 Å². The van der Waals surface area contributed by atoms with E-state index in [1.165, 1.54) is 6.92 Å². The molecule has 0 aliphatic rings. The van der Waals surface area contributed by atoms with Gasteiger partial charge in [-0.3, -0.25) is 9.59 Å². The molecule has 4 nitrogen and oxygen atoms in total. The monoisotopic (exact) mass is 177 g/mol. The SMILES string of the molecule is CC(=O)C(CS)C(N)C(=O)O. The van der Waals surface area contributed by atoms with Crippen LogP contribution < -0.4 is 5.73 Å². The Hall–Kier alpha value is -0.550. The third-order valence-electron chi connectivity index (χ3n) is 1.44. The van der Waals surface area contributed by atoms with E-state index in [1.807, 2.05) is 0 Å². The summed E-state index contributed by atoms with van der Waals surface area (Å²) in [5.41, 5.74) is 5.20. The van der Waals surface area contributed by atoms with Crippen molar-refractivity contribution in [1.82, 2.24) is 0 Å². The number of thiol groups is 1. The summed E-state index contributed by atoms with van der Waals surface area (Å²) in [5.74, 6) is -1.92. The smallest absolute Gasteiger partial charge is 0.321 e. The van der Waals surface area contributed by atoms with Crippen molar-refractivity contribution < 1.29 is 14.7 Å². The summed E-state index contributed by atoms with van der Waals surface area (Å²) >= 11 is 3.82. The van der Waals surface area contributed by atoms with Crippen molar-refractivity contribution in [2.75, 3.05) is 5.75 Å². The van der Waals surface area contributed by atoms with E-state index in [1.54, 1.807) is 0 Å². The van der Waals surface area contributed by atoms with Crippen molar-refractivity contribution >= 4 is 24.4 Å². The molecule has 0 saturated carbocycles. The summed E-state index contributed by atoms with van der Waals surface area (Å²) in [4.78, 5) is 21.0. The first-order valence-corrected chi connectivity index (χ1v) is 3.73. The maximum Gasteiger partial charge on any atom is 0.321 e. The number of rotatable bonds is 4. The van der Waals surface area contributed by atoms with Crippen LogP contribution in [-0.2, 0) is 9.59 Å². The molecule has 0 heterocycles. The average molecular weight is 177 g/mol. The Balaban J connectivity index is 4.25. The van der Waals surface area contributed by atoms with Crippen LogP contribution in [0, 0.1) is 5.92 Å². The number of nitrogens with two attached hydrogens (primary N) is 1. The van der Waals surface area contributed by atoms with Gasteiger partial charge in [-0.2, -0.15) is 12.6 Å². The van der Waals surface area contributed by atoms with E-state index in [9.17, 15) is 9.59 Å². The molecule has 3 N–H and O–H groups in total. The predicted molar refractivity (Wildman–Crippen MR) is 43.6 cm³/mol. The van der Waals surface area contributed by atoms with Crippen LogP contribution in [0.3, 0.4) is 0 Å². The molecule has 0 radical (unpaired) electrons. The molecule has 0 fully saturated rings. The summed E-state index contributed by atoms with van der Waals surface area (Å²) in [7, 11) is 0. The number of carboxylic acid groups (broad SMARTS) is 1. The highest BCUT2D eigenvalue weighted by molar-refractivity contribution is 7.80. The first kappa shape index (κ1) is 10.4. The number of Topliss-reactive ketones (excluding diaryl/α,β-unsaturated/α-hetero) is 1. The van der Waals surface area contributed by atoms with Gasteiger partial charge in [-0.15, -0.1) is 0 Å². The zero-order valence-corrected chi connectivity index (χ0v) is 7.04. The van der Waals surface area contributed by atoms with Gasteiger partial charge in [0.25, 0.3) is 0 Å². The number of hydrogen-bond acceptors (Lipinski definition) is 4. The number of aliphatic carboxylic acids is 1. The molecule has 2 atom stereocenters. The highest BCUT2D eigenvalue weighted by atomic mass is 32.1. The van der Waals surface area contributed by atoms with Gasteiger partial charge >= 0.3 is 5.97 Å². The third-order valence-corrected chi connectivity index (χ3v) is 1.83. The van der Waals surface area contributed by atoms with Crippen molar-refractivity contribution in [1.29, 1.82) is 0 Å². The third kappa shape index (κ3) is 2.90. The molecular weight excluding hydrogens is 166 g/mol. The molecule has 0 aliphatic heterocycles. The largest absolute Gasteiger partial charge is 0.480 e. The van der Waals surface area contributed by atoms with E-state index in [-0.39, 0.29) is 11.5 Å². The molecule has 0 bridgehead atoms. The molecule has 2 unspecified atom stereocenters. The van der Waals surface area contributed by atoms with E-state index >= 15 is 0 Å². The topological polar surface area (TPSA) is 80.4 Å². The van der Waals surface area contributed by atoms with Gasteiger partial charge in [0.1, 0.15) is 11.8 Å². The lowest BCUT2D eigenvalue weighted by Gasteiger charge is -2.14. The first-order chi connectivity index (χ1) is 5.00. The normalized spacial score (nSPS) is 15.5. The Labute approximate surface area is 70.2 Å². The zero-order valence-electron chi connectivity index (χ0n) is 6.15. The molecule has 0 saturated heterocycles. The van der Waals surface area contributed by atoms with Gasteiger partial charge in [-0.05, 0) is 6.92 Å². The summed E-state index contributed by atoms with van der Waals surface area (Å²) in [6.07, 6.45) is 0. The van der Waals surface area contributed by atoms with Gasteiger partial charge in [-0.25, -0.2) is 0 Å². The minimum Gasteiger partial charge on any atom is -0.480 e. The number of ketones is 1. The summed E-state index contributed by atoms with van der Waals surface area (Å²) in [6.45, 7) is 1.31. The van der Waals surface area contributed by atoms with Gasteiger partial charge in [0.2, 0.25) is 0 Å². The summed E-state index contributed by atoms with van der Waals surface area (Å²) in [5, 5.41) is 8.42. The van der Waals surface area contributed by atoms with Gasteiger partial charge < -0.3 is 10.8 Å². The zero-order chi connectivity index (χ0) is 9.02. The van der Waals surface area contributed by atoms with E-state index in [4.69, 9.17) is 10.8 Å². The van der Waals surface area contributed by atoms with E-state index in [0.29, 0.717) is 0 Å². The molecule has 64 valence electrons. The molecule has 5 heteroatoms. The number of hydrogen-bond donors (Lipinski definition) is 3. The molecule has 0 aromatic heterocycles. The van der Waals surface area contributed by atoms with Gasteiger partial charge in [0, 0.05) is 5.75 Å². The second-order valence-electron chi connectivity index (χ2n) is 2.26. The molecule has 0 aromatic carbocycles. The molecule has 0 amide bonds. The Kier molecular flexibility index (Phi) is 4.14. The lowest BCUT2D eigenvalue weighted by atomic mass is 9.99. The molecule has 0 rings (SSSR count). The van der Waals surface area contributed by atoms with Crippen molar-refractivity contribution in [2.45, 2.75) is 13.0 Å². The van der Waals surface area contributed by atoms with E-state index in [0.717, 1.165) is 0 Å². The maximum atomic E-state index is 10.7. The first-order valence-electron chi connectivity index (χ1n) is 3.10. The van der Waals surface area contributed by atoms with Gasteiger partial charge in [0.15, 0.2) is 0 Å². The van der Waals surface area contributed by atoms with Crippen LogP contribution in [0.15, 0.2) is 0 Å².